The zero-order chi connectivity index (χ0) is 18.5. The van der Waals surface area contributed by atoms with Gasteiger partial charge in [0.25, 0.3) is 0 Å². The van der Waals surface area contributed by atoms with Gasteiger partial charge in [-0.05, 0) is 29.7 Å². The Balaban J connectivity index is 1.68. The van der Waals surface area contributed by atoms with Gasteiger partial charge in [0, 0.05) is 38.6 Å². The monoisotopic (exact) mass is 354 g/mol. The number of nitrogens with zero attached hydrogens (tertiary/aromatic N) is 4. The fourth-order valence-electron chi connectivity index (χ4n) is 3.40. The van der Waals surface area contributed by atoms with Crippen molar-refractivity contribution in [1.29, 1.82) is 0 Å². The number of anilines is 1. The molecule has 1 atom stereocenters. The fourth-order valence-corrected chi connectivity index (χ4v) is 3.40. The summed E-state index contributed by atoms with van der Waals surface area (Å²) in [5, 5.41) is 0. The Morgan fingerprint density at radius 3 is 2.19 bits per heavy atom. The van der Waals surface area contributed by atoms with Gasteiger partial charge in [0.05, 0.1) is 13.0 Å². The molecule has 0 aliphatic carbocycles. The first kappa shape index (κ1) is 18.2. The van der Waals surface area contributed by atoms with Crippen molar-refractivity contribution in [1.82, 2.24) is 14.9 Å². The molecule has 0 N–H and O–H groups in total. The van der Waals surface area contributed by atoms with E-state index in [1.165, 1.54) is 0 Å². The molecule has 1 aliphatic rings. The number of hydrogen-bond donors (Lipinski definition) is 0. The number of aromatic nitrogens is 2. The quantitative estimate of drug-likeness (QED) is 0.826. The number of piperazine rings is 1. The van der Waals surface area contributed by atoms with Crippen LogP contribution in [0.2, 0.25) is 0 Å². The van der Waals surface area contributed by atoms with Gasteiger partial charge in [-0.15, -0.1) is 0 Å². The van der Waals surface area contributed by atoms with Crippen molar-refractivity contribution in [3.8, 4) is 5.75 Å². The lowest BCUT2D eigenvalue weighted by atomic mass is 9.87. The van der Waals surface area contributed by atoms with E-state index in [2.05, 4.69) is 28.7 Å². The van der Waals surface area contributed by atoms with Crippen molar-refractivity contribution in [2.24, 2.45) is 5.92 Å². The van der Waals surface area contributed by atoms with E-state index in [1.807, 2.05) is 35.2 Å². The Morgan fingerprint density at radius 1 is 1.04 bits per heavy atom. The summed E-state index contributed by atoms with van der Waals surface area (Å²) in [5.74, 6) is 1.82. The Morgan fingerprint density at radius 2 is 1.65 bits per heavy atom. The van der Waals surface area contributed by atoms with E-state index in [0.717, 1.165) is 30.4 Å². The van der Waals surface area contributed by atoms with Crippen molar-refractivity contribution in [2.75, 3.05) is 38.2 Å². The van der Waals surface area contributed by atoms with Crippen molar-refractivity contribution < 1.29 is 9.53 Å². The molecule has 0 saturated carbocycles. The molecule has 1 aromatic carbocycles. The summed E-state index contributed by atoms with van der Waals surface area (Å²) in [6, 6.07) is 9.64. The van der Waals surface area contributed by atoms with Crippen LogP contribution < -0.4 is 9.64 Å². The van der Waals surface area contributed by atoms with Crippen LogP contribution in [0.4, 0.5) is 5.95 Å². The van der Waals surface area contributed by atoms with Crippen molar-refractivity contribution in [2.45, 2.75) is 19.8 Å². The van der Waals surface area contributed by atoms with E-state index in [4.69, 9.17) is 4.74 Å². The number of carbonyl (C=O) groups excluding carboxylic acids is 1. The Kier molecular flexibility index (Phi) is 5.71. The molecule has 0 bridgehead atoms. The van der Waals surface area contributed by atoms with Crippen LogP contribution in [-0.4, -0.2) is 54.1 Å². The first-order valence-electron chi connectivity index (χ1n) is 9.05. The van der Waals surface area contributed by atoms with Crippen LogP contribution in [0, 0.1) is 5.92 Å². The Labute approximate surface area is 154 Å². The fraction of sp³-hybridized carbons (Fsp3) is 0.450. The summed E-state index contributed by atoms with van der Waals surface area (Å²) in [7, 11) is 1.65. The highest BCUT2D eigenvalue weighted by Crippen LogP contribution is 2.29. The average Bonchev–Trinajstić information content (AvgIpc) is 2.69. The van der Waals surface area contributed by atoms with E-state index < -0.39 is 0 Å². The number of ether oxygens (including phenoxy) is 1. The molecule has 1 aliphatic heterocycles. The number of hydrogen-bond acceptors (Lipinski definition) is 5. The minimum absolute atomic E-state index is 0.138. The number of rotatable bonds is 5. The van der Waals surface area contributed by atoms with Crippen LogP contribution >= 0.6 is 0 Å². The zero-order valence-corrected chi connectivity index (χ0v) is 15.6. The van der Waals surface area contributed by atoms with Crippen LogP contribution in [-0.2, 0) is 4.79 Å². The Bertz CT molecular complexity index is 710. The zero-order valence-electron chi connectivity index (χ0n) is 15.6. The maximum Gasteiger partial charge on any atom is 0.230 e. The van der Waals surface area contributed by atoms with Crippen molar-refractivity contribution >= 4 is 11.9 Å². The van der Waals surface area contributed by atoms with E-state index in [1.54, 1.807) is 19.5 Å². The van der Waals surface area contributed by atoms with Crippen molar-refractivity contribution in [3.63, 3.8) is 0 Å². The highest BCUT2D eigenvalue weighted by Gasteiger charge is 2.31. The van der Waals surface area contributed by atoms with Crippen LogP contribution in [0.25, 0.3) is 0 Å². The maximum atomic E-state index is 13.2. The third kappa shape index (κ3) is 3.95. The van der Waals surface area contributed by atoms with Crippen LogP contribution in [0.3, 0.4) is 0 Å². The van der Waals surface area contributed by atoms with Gasteiger partial charge in [-0.1, -0.05) is 26.0 Å². The summed E-state index contributed by atoms with van der Waals surface area (Å²) in [6.07, 6.45) is 3.50. The summed E-state index contributed by atoms with van der Waals surface area (Å²) in [4.78, 5) is 25.9. The molecule has 6 nitrogen and oxygen atoms in total. The predicted molar refractivity (Wildman–Crippen MR) is 101 cm³/mol. The van der Waals surface area contributed by atoms with Gasteiger partial charge in [0.2, 0.25) is 11.9 Å². The number of benzene rings is 1. The molecule has 0 spiro atoms. The normalized spacial score (nSPS) is 15.8. The summed E-state index contributed by atoms with van der Waals surface area (Å²) >= 11 is 0. The van der Waals surface area contributed by atoms with E-state index in [9.17, 15) is 4.79 Å². The van der Waals surface area contributed by atoms with Gasteiger partial charge in [0.15, 0.2) is 0 Å². The molecule has 1 unspecified atom stereocenters. The molecule has 1 amide bonds. The van der Waals surface area contributed by atoms with E-state index >= 15 is 0 Å². The molecule has 138 valence electrons. The van der Waals surface area contributed by atoms with Gasteiger partial charge in [-0.3, -0.25) is 4.79 Å². The molecule has 3 rings (SSSR count). The highest BCUT2D eigenvalue weighted by atomic mass is 16.5. The summed E-state index contributed by atoms with van der Waals surface area (Å²) in [6.45, 7) is 7.08. The minimum Gasteiger partial charge on any atom is -0.497 e. The third-order valence-electron chi connectivity index (χ3n) is 4.83. The second kappa shape index (κ2) is 8.17. The van der Waals surface area contributed by atoms with Gasteiger partial charge < -0.3 is 14.5 Å². The van der Waals surface area contributed by atoms with Crippen LogP contribution in [0.15, 0.2) is 42.7 Å². The van der Waals surface area contributed by atoms with Gasteiger partial charge >= 0.3 is 0 Å². The van der Waals surface area contributed by atoms with Crippen LogP contribution in [0.1, 0.15) is 25.3 Å². The lowest BCUT2D eigenvalue weighted by molar-refractivity contribution is -0.134. The predicted octanol–water partition coefficient (Wildman–Crippen LogP) is 2.57. The topological polar surface area (TPSA) is 58.6 Å². The second-order valence-electron chi connectivity index (χ2n) is 6.86. The Hall–Kier alpha value is -2.63. The molecule has 2 aromatic rings. The van der Waals surface area contributed by atoms with E-state index in [0.29, 0.717) is 13.1 Å². The highest BCUT2D eigenvalue weighted by molar-refractivity contribution is 5.84. The SMILES string of the molecule is COc1ccc(C(C(=O)N2CCN(c3ncccn3)CC2)C(C)C)cc1. The molecule has 26 heavy (non-hydrogen) atoms. The lowest BCUT2D eigenvalue weighted by Crippen LogP contribution is -2.51. The van der Waals surface area contributed by atoms with Gasteiger partial charge in [-0.25, -0.2) is 9.97 Å². The number of carbonyl (C=O) groups is 1. The molecule has 1 aromatic heterocycles. The number of methoxy groups -OCH3 is 1. The molecule has 6 heteroatoms. The summed E-state index contributed by atoms with van der Waals surface area (Å²) in [5.41, 5.74) is 1.04. The van der Waals surface area contributed by atoms with Crippen molar-refractivity contribution in [3.05, 3.63) is 48.3 Å². The lowest BCUT2D eigenvalue weighted by Gasteiger charge is -2.37. The van der Waals surface area contributed by atoms with Gasteiger partial charge in [0.1, 0.15) is 5.75 Å². The molecular formula is C20H26N4O2. The molecular weight excluding hydrogens is 328 g/mol. The summed E-state index contributed by atoms with van der Waals surface area (Å²) < 4.78 is 5.23. The number of amides is 1. The van der Waals surface area contributed by atoms with E-state index in [-0.39, 0.29) is 17.7 Å². The largest absolute Gasteiger partial charge is 0.497 e. The smallest absolute Gasteiger partial charge is 0.230 e. The minimum atomic E-state index is -0.138. The second-order valence-corrected chi connectivity index (χ2v) is 6.86. The third-order valence-corrected chi connectivity index (χ3v) is 4.83. The maximum absolute atomic E-state index is 13.2. The average molecular weight is 354 g/mol. The first-order valence-corrected chi connectivity index (χ1v) is 9.05. The molecule has 0 radical (unpaired) electrons. The first-order chi connectivity index (χ1) is 12.6. The van der Waals surface area contributed by atoms with Crippen LogP contribution in [0.5, 0.6) is 5.75 Å². The standard InChI is InChI=1S/C20H26N4O2/c1-15(2)18(16-5-7-17(26-3)8-6-16)19(25)23-11-13-24(14-12-23)20-21-9-4-10-22-20/h4-10,15,18H,11-14H2,1-3H3. The molecule has 1 saturated heterocycles. The van der Waals surface area contributed by atoms with Gasteiger partial charge in [-0.2, -0.15) is 0 Å². The molecule has 1 fully saturated rings. The molecule has 2 heterocycles.